The highest BCUT2D eigenvalue weighted by molar-refractivity contribution is 8.00. The number of fused-ring (bicyclic) bond motifs is 4. The molecule has 64 heavy (non-hydrogen) atoms. The number of hydrogen-bond acceptors (Lipinski definition) is 12. The minimum atomic E-state index is -1.10. The summed E-state index contributed by atoms with van der Waals surface area (Å²) in [6.45, 7) is 12.3. The smallest absolute Gasteiger partial charge is 0.415 e. The molecule has 10 rings (SSSR count). The Morgan fingerprint density at radius 1 is 0.484 bits per heavy atom. The number of ether oxygens (including phenoxy) is 2. The summed E-state index contributed by atoms with van der Waals surface area (Å²) in [7, 11) is 4.32. The van der Waals surface area contributed by atoms with E-state index in [1.165, 1.54) is 11.4 Å². The summed E-state index contributed by atoms with van der Waals surface area (Å²) in [5.74, 6) is -1.93. The van der Waals surface area contributed by atoms with E-state index in [1.54, 1.807) is 23.5 Å². The van der Waals surface area contributed by atoms with Crippen molar-refractivity contribution in [3.8, 4) is 11.5 Å². The summed E-state index contributed by atoms with van der Waals surface area (Å²) < 4.78 is 12.6. The number of anilines is 6. The van der Waals surface area contributed by atoms with Gasteiger partial charge in [-0.05, 0) is 85.9 Å². The molecule has 6 aromatic rings. The lowest BCUT2D eigenvalue weighted by Gasteiger charge is -2.34. The molecule has 4 heterocycles. The molecule has 0 aliphatic carbocycles. The Labute approximate surface area is 383 Å². The van der Waals surface area contributed by atoms with Gasteiger partial charge in [0.15, 0.2) is 11.5 Å². The van der Waals surface area contributed by atoms with Crippen molar-refractivity contribution in [2.75, 3.05) is 86.9 Å². The van der Waals surface area contributed by atoms with Gasteiger partial charge >= 0.3 is 11.9 Å². The fourth-order valence-electron chi connectivity index (χ4n) is 9.00. The van der Waals surface area contributed by atoms with E-state index in [0.717, 1.165) is 106 Å². The van der Waals surface area contributed by atoms with Crippen molar-refractivity contribution in [3.05, 3.63) is 144 Å². The fraction of sp³-hybridized carbons (Fsp3) is 0.269. The van der Waals surface area contributed by atoms with Gasteiger partial charge in [-0.3, -0.25) is 0 Å². The monoisotopic (exact) mass is 888 g/mol. The van der Waals surface area contributed by atoms with Crippen molar-refractivity contribution < 1.29 is 19.1 Å². The number of piperazine rings is 2. The van der Waals surface area contributed by atoms with Gasteiger partial charge in [-0.15, -0.1) is 0 Å². The molecular weight excluding hydrogens is 837 g/mol. The minimum absolute atomic E-state index is 0.174. The van der Waals surface area contributed by atoms with Crippen LogP contribution in [-0.4, -0.2) is 88.2 Å². The number of carbonyl (C=O) groups is 2. The first-order valence-electron chi connectivity index (χ1n) is 22.1. The zero-order chi connectivity index (χ0) is 43.9. The number of nitrogens with zero attached hydrogens (tertiary/aromatic N) is 4. The van der Waals surface area contributed by atoms with Crippen LogP contribution in [0, 0.1) is 0 Å². The molecule has 10 nitrogen and oxygen atoms in total. The fourth-order valence-corrected chi connectivity index (χ4v) is 11.0. The summed E-state index contributed by atoms with van der Waals surface area (Å²) in [6.07, 6.45) is 0. The van der Waals surface area contributed by atoms with Crippen LogP contribution in [0.3, 0.4) is 0 Å². The van der Waals surface area contributed by atoms with E-state index >= 15 is 0 Å². The Morgan fingerprint density at radius 3 is 1.25 bits per heavy atom. The largest absolute Gasteiger partial charge is 0.423 e. The molecule has 4 aliphatic heterocycles. The highest BCUT2D eigenvalue weighted by Gasteiger charge is 2.32. The average Bonchev–Trinajstić information content (AvgIpc) is 3.33. The highest BCUT2D eigenvalue weighted by Crippen LogP contribution is 2.53. The summed E-state index contributed by atoms with van der Waals surface area (Å²) in [5.41, 5.74) is 9.15. The molecule has 12 heteroatoms. The van der Waals surface area contributed by atoms with Gasteiger partial charge in [0.25, 0.3) is 0 Å². The Balaban J connectivity index is 0.962. The maximum atomic E-state index is 14.4. The third-order valence-corrected chi connectivity index (χ3v) is 15.3. The predicted octanol–water partition coefficient (Wildman–Crippen LogP) is 10.4. The number of carbonyl (C=O) groups excluding carboxylic acids is 2. The standard InChI is InChI=1S/C52H52N6O4S2/c1-33(35-13-17-37(18-14-35)57-29-25-55(3)26-30-57)39-21-23-45-47(53-41-9-5-7-11-43(41)63-45)49(39)61-51(59)52(60)62-50-40(22-24-46-48(50)54-42-10-6-8-12-44(42)64-46)34(2)36-15-19-38(20-16-36)58-31-27-56(4)28-32-58/h5-24,33-34,53-54H,25-32H2,1-4H3. The Kier molecular flexibility index (Phi) is 11.8. The van der Waals surface area contributed by atoms with Gasteiger partial charge in [0.05, 0.1) is 22.7 Å². The second-order valence-electron chi connectivity index (χ2n) is 17.1. The van der Waals surface area contributed by atoms with Gasteiger partial charge in [0, 0.05) is 106 Å². The highest BCUT2D eigenvalue weighted by atomic mass is 32.2. The molecule has 2 saturated heterocycles. The van der Waals surface area contributed by atoms with Crippen molar-refractivity contribution >= 4 is 69.6 Å². The number of esters is 2. The van der Waals surface area contributed by atoms with Crippen molar-refractivity contribution in [3.63, 3.8) is 0 Å². The van der Waals surface area contributed by atoms with Gasteiger partial charge in [0.1, 0.15) is 0 Å². The first-order valence-corrected chi connectivity index (χ1v) is 23.7. The summed E-state index contributed by atoms with van der Waals surface area (Å²) in [5, 5.41) is 7.09. The third kappa shape index (κ3) is 8.43. The molecule has 0 saturated carbocycles. The SMILES string of the molecule is CC(c1ccc(N2CCN(C)CC2)cc1)c1ccc2c(c1OC(=O)C(=O)Oc1c(C(C)c3ccc(N4CCN(C)CC4)cc3)ccc3c1Nc1ccccc1S3)Nc1ccccc1S2. The quantitative estimate of drug-likeness (QED) is 0.0865. The van der Waals surface area contributed by atoms with E-state index in [9.17, 15) is 9.59 Å². The summed E-state index contributed by atoms with van der Waals surface area (Å²) in [6, 6.07) is 41.5. The van der Waals surface area contributed by atoms with Crippen LogP contribution in [-0.2, 0) is 9.59 Å². The zero-order valence-corrected chi connectivity index (χ0v) is 38.2. The van der Waals surface area contributed by atoms with E-state index in [-0.39, 0.29) is 11.8 Å². The van der Waals surface area contributed by atoms with Crippen molar-refractivity contribution in [2.24, 2.45) is 0 Å². The van der Waals surface area contributed by atoms with Crippen LogP contribution in [0.1, 0.15) is 47.9 Å². The van der Waals surface area contributed by atoms with E-state index < -0.39 is 11.9 Å². The molecule has 2 fully saturated rings. The van der Waals surface area contributed by atoms with Crippen LogP contribution in [0.25, 0.3) is 0 Å². The molecule has 6 aromatic carbocycles. The molecule has 4 aliphatic rings. The first-order chi connectivity index (χ1) is 31.2. The van der Waals surface area contributed by atoms with Crippen LogP contribution in [0.2, 0.25) is 0 Å². The van der Waals surface area contributed by atoms with Crippen LogP contribution in [0.4, 0.5) is 34.1 Å². The van der Waals surface area contributed by atoms with E-state index in [2.05, 4.69) is 131 Å². The van der Waals surface area contributed by atoms with Crippen LogP contribution in [0.15, 0.2) is 141 Å². The minimum Gasteiger partial charge on any atom is -0.415 e. The van der Waals surface area contributed by atoms with Crippen LogP contribution in [0.5, 0.6) is 11.5 Å². The van der Waals surface area contributed by atoms with Crippen LogP contribution >= 0.6 is 23.5 Å². The normalized spacial score (nSPS) is 16.8. The molecule has 2 unspecified atom stereocenters. The Bertz CT molecular complexity index is 2530. The van der Waals surface area contributed by atoms with Crippen molar-refractivity contribution in [1.29, 1.82) is 0 Å². The number of para-hydroxylation sites is 2. The van der Waals surface area contributed by atoms with Gasteiger partial charge in [0.2, 0.25) is 0 Å². The molecule has 2 N–H and O–H groups in total. The molecule has 2 atom stereocenters. The average molecular weight is 889 g/mol. The Morgan fingerprint density at radius 2 is 0.859 bits per heavy atom. The van der Waals surface area contributed by atoms with Crippen molar-refractivity contribution in [2.45, 2.75) is 45.3 Å². The van der Waals surface area contributed by atoms with E-state index in [1.807, 2.05) is 48.5 Å². The summed E-state index contributed by atoms with van der Waals surface area (Å²) in [4.78, 5) is 42.1. The lowest BCUT2D eigenvalue weighted by Crippen LogP contribution is -2.44. The number of nitrogens with one attached hydrogen (secondary N) is 2. The topological polar surface area (TPSA) is 89.6 Å². The lowest BCUT2D eigenvalue weighted by atomic mass is 9.91. The van der Waals surface area contributed by atoms with Gasteiger partial charge < -0.3 is 39.7 Å². The molecule has 0 spiro atoms. The summed E-state index contributed by atoms with van der Waals surface area (Å²) >= 11 is 3.19. The zero-order valence-electron chi connectivity index (χ0n) is 36.6. The van der Waals surface area contributed by atoms with Crippen LogP contribution < -0.4 is 29.9 Å². The number of benzene rings is 6. The number of likely N-dealkylation sites (N-methyl/N-ethyl adjacent to an activating group) is 2. The van der Waals surface area contributed by atoms with Gasteiger partial charge in [-0.1, -0.05) is 98.0 Å². The van der Waals surface area contributed by atoms with E-state index in [0.29, 0.717) is 22.9 Å². The van der Waals surface area contributed by atoms with Gasteiger partial charge in [-0.25, -0.2) is 9.59 Å². The molecular formula is C52H52N6O4S2. The second-order valence-corrected chi connectivity index (χ2v) is 19.3. The number of rotatable bonds is 8. The van der Waals surface area contributed by atoms with E-state index in [4.69, 9.17) is 9.47 Å². The predicted molar refractivity (Wildman–Crippen MR) is 259 cm³/mol. The lowest BCUT2D eigenvalue weighted by molar-refractivity contribution is -0.156. The first kappa shape index (κ1) is 42.1. The maximum Gasteiger partial charge on any atom is 0.423 e. The molecule has 0 bridgehead atoms. The molecule has 326 valence electrons. The Hall–Kier alpha value is -5.92. The van der Waals surface area contributed by atoms with Crippen molar-refractivity contribution in [1.82, 2.24) is 9.80 Å². The second kappa shape index (κ2) is 17.9. The number of hydrogen-bond donors (Lipinski definition) is 2. The maximum absolute atomic E-state index is 14.4. The molecule has 0 radical (unpaired) electrons. The third-order valence-electron chi connectivity index (χ3n) is 13.0. The molecule has 0 aromatic heterocycles. The van der Waals surface area contributed by atoms with Gasteiger partial charge in [-0.2, -0.15) is 0 Å². The molecule has 0 amide bonds.